The second kappa shape index (κ2) is 8.87. The van der Waals surface area contributed by atoms with Crippen molar-refractivity contribution in [3.8, 4) is 0 Å². The maximum absolute atomic E-state index is 12.4. The van der Waals surface area contributed by atoms with Gasteiger partial charge in [-0.25, -0.2) is 0 Å². The number of Topliss-reactive ketones (excluding diaryl/α,β-unsaturated/α-hetero) is 1. The lowest BCUT2D eigenvalue weighted by atomic mass is 10.1. The van der Waals surface area contributed by atoms with Crippen LogP contribution in [0.1, 0.15) is 36.2 Å². The van der Waals surface area contributed by atoms with Gasteiger partial charge in [0.15, 0.2) is 5.78 Å². The zero-order valence-corrected chi connectivity index (χ0v) is 14.3. The Morgan fingerprint density at radius 2 is 1.67 bits per heavy atom. The molecule has 0 saturated heterocycles. The molecule has 0 aromatic heterocycles. The summed E-state index contributed by atoms with van der Waals surface area (Å²) in [6.07, 6.45) is 0.440. The van der Waals surface area contributed by atoms with Crippen molar-refractivity contribution >= 4 is 17.4 Å². The minimum absolute atomic E-state index is 0.0521. The Labute approximate surface area is 143 Å². The third-order valence-corrected chi connectivity index (χ3v) is 3.91. The zero-order valence-electron chi connectivity index (χ0n) is 14.3. The van der Waals surface area contributed by atoms with Crippen molar-refractivity contribution in [1.82, 2.24) is 4.90 Å². The largest absolute Gasteiger partial charge is 0.385 e. The van der Waals surface area contributed by atoms with Gasteiger partial charge in [-0.2, -0.15) is 0 Å². The Kier molecular flexibility index (Phi) is 6.55. The first-order chi connectivity index (χ1) is 11.6. The van der Waals surface area contributed by atoms with Gasteiger partial charge in [0.2, 0.25) is 5.91 Å². The van der Waals surface area contributed by atoms with Crippen molar-refractivity contribution in [2.24, 2.45) is 0 Å². The Morgan fingerprint density at radius 3 is 2.25 bits per heavy atom. The van der Waals surface area contributed by atoms with Gasteiger partial charge in [0, 0.05) is 37.3 Å². The van der Waals surface area contributed by atoms with Crippen LogP contribution in [0.2, 0.25) is 0 Å². The van der Waals surface area contributed by atoms with Crippen LogP contribution in [0.25, 0.3) is 0 Å². The van der Waals surface area contributed by atoms with E-state index in [1.165, 1.54) is 0 Å². The first-order valence-electron chi connectivity index (χ1n) is 8.26. The highest BCUT2D eigenvalue weighted by Crippen LogP contribution is 2.11. The van der Waals surface area contributed by atoms with Crippen molar-refractivity contribution in [2.75, 3.05) is 18.4 Å². The van der Waals surface area contributed by atoms with Crippen molar-refractivity contribution in [3.05, 3.63) is 65.7 Å². The van der Waals surface area contributed by atoms with Crippen molar-refractivity contribution in [2.45, 2.75) is 26.8 Å². The fraction of sp³-hybridized carbons (Fsp3) is 0.300. The fourth-order valence-corrected chi connectivity index (χ4v) is 2.47. The monoisotopic (exact) mass is 324 g/mol. The Bertz CT molecular complexity index is 666. The molecule has 2 aromatic carbocycles. The van der Waals surface area contributed by atoms with E-state index in [4.69, 9.17) is 0 Å². The Morgan fingerprint density at radius 1 is 1.00 bits per heavy atom. The number of hydrogen-bond acceptors (Lipinski definition) is 3. The lowest BCUT2D eigenvalue weighted by molar-refractivity contribution is -0.131. The standard InChI is InChI=1S/C20H24N2O2/c1-3-22(15-17-7-5-4-6-8-17)20(24)13-14-21-19-11-9-18(10-12-19)16(2)23/h4-12,21H,3,13-15H2,1-2H3. The lowest BCUT2D eigenvalue weighted by Gasteiger charge is -2.21. The van der Waals surface area contributed by atoms with Crippen LogP contribution in [0.3, 0.4) is 0 Å². The summed E-state index contributed by atoms with van der Waals surface area (Å²) in [5, 5.41) is 3.23. The SMILES string of the molecule is CCN(Cc1ccccc1)C(=O)CCNc1ccc(C(C)=O)cc1. The molecule has 0 heterocycles. The number of hydrogen-bond donors (Lipinski definition) is 1. The molecule has 0 aliphatic heterocycles. The summed E-state index contributed by atoms with van der Waals surface area (Å²) in [4.78, 5) is 25.5. The summed E-state index contributed by atoms with van der Waals surface area (Å²) < 4.78 is 0. The van der Waals surface area contributed by atoms with Gasteiger partial charge < -0.3 is 10.2 Å². The Hall–Kier alpha value is -2.62. The summed E-state index contributed by atoms with van der Waals surface area (Å²) in [5.74, 6) is 0.186. The van der Waals surface area contributed by atoms with E-state index in [9.17, 15) is 9.59 Å². The van der Waals surface area contributed by atoms with Crippen LogP contribution in [0.4, 0.5) is 5.69 Å². The molecular formula is C20H24N2O2. The molecule has 126 valence electrons. The molecule has 0 aliphatic carbocycles. The van der Waals surface area contributed by atoms with Crippen LogP contribution in [0.15, 0.2) is 54.6 Å². The molecule has 0 radical (unpaired) electrons. The number of carbonyl (C=O) groups excluding carboxylic acids is 2. The summed E-state index contributed by atoms with van der Waals surface area (Å²) in [6.45, 7) is 5.45. The molecule has 4 heteroatoms. The number of nitrogens with zero attached hydrogens (tertiary/aromatic N) is 1. The van der Waals surface area contributed by atoms with Crippen molar-refractivity contribution < 1.29 is 9.59 Å². The van der Waals surface area contributed by atoms with E-state index in [0.717, 1.165) is 11.3 Å². The van der Waals surface area contributed by atoms with Gasteiger partial charge >= 0.3 is 0 Å². The molecule has 2 rings (SSSR count). The number of benzene rings is 2. The van der Waals surface area contributed by atoms with Crippen molar-refractivity contribution in [1.29, 1.82) is 0 Å². The number of amides is 1. The molecule has 1 amide bonds. The van der Waals surface area contributed by atoms with E-state index in [-0.39, 0.29) is 11.7 Å². The Balaban J connectivity index is 1.81. The normalized spacial score (nSPS) is 10.2. The molecule has 0 unspecified atom stereocenters. The highest BCUT2D eigenvalue weighted by Gasteiger charge is 2.11. The van der Waals surface area contributed by atoms with E-state index < -0.39 is 0 Å². The smallest absolute Gasteiger partial charge is 0.224 e. The predicted octanol–water partition coefficient (Wildman–Crippen LogP) is 3.74. The third kappa shape index (κ3) is 5.23. The molecule has 24 heavy (non-hydrogen) atoms. The number of rotatable bonds is 8. The van der Waals surface area contributed by atoms with E-state index >= 15 is 0 Å². The van der Waals surface area contributed by atoms with Gasteiger partial charge in [0.1, 0.15) is 0 Å². The fourth-order valence-electron chi connectivity index (χ4n) is 2.47. The number of carbonyl (C=O) groups is 2. The first kappa shape index (κ1) is 17.7. The molecule has 0 bridgehead atoms. The van der Waals surface area contributed by atoms with Crippen LogP contribution < -0.4 is 5.32 Å². The van der Waals surface area contributed by atoms with Crippen LogP contribution in [-0.2, 0) is 11.3 Å². The zero-order chi connectivity index (χ0) is 17.4. The van der Waals surface area contributed by atoms with Crippen molar-refractivity contribution in [3.63, 3.8) is 0 Å². The van der Waals surface area contributed by atoms with Crippen LogP contribution >= 0.6 is 0 Å². The van der Waals surface area contributed by atoms with Gasteiger partial charge in [0.25, 0.3) is 0 Å². The molecule has 1 N–H and O–H groups in total. The number of anilines is 1. The van der Waals surface area contributed by atoms with E-state index in [0.29, 0.717) is 31.6 Å². The topological polar surface area (TPSA) is 49.4 Å². The summed E-state index contributed by atoms with van der Waals surface area (Å²) >= 11 is 0. The minimum atomic E-state index is 0.0521. The molecule has 4 nitrogen and oxygen atoms in total. The van der Waals surface area contributed by atoms with Crippen LogP contribution in [0.5, 0.6) is 0 Å². The molecule has 0 aliphatic rings. The first-order valence-corrected chi connectivity index (χ1v) is 8.26. The highest BCUT2D eigenvalue weighted by atomic mass is 16.2. The third-order valence-electron chi connectivity index (χ3n) is 3.91. The maximum atomic E-state index is 12.4. The lowest BCUT2D eigenvalue weighted by Crippen LogP contribution is -2.31. The molecule has 0 spiro atoms. The van der Waals surface area contributed by atoms with Gasteiger partial charge in [-0.3, -0.25) is 9.59 Å². The predicted molar refractivity (Wildman–Crippen MR) is 97.1 cm³/mol. The van der Waals surface area contributed by atoms with Crippen LogP contribution in [0, 0.1) is 0 Å². The van der Waals surface area contributed by atoms with Gasteiger partial charge in [0.05, 0.1) is 0 Å². The van der Waals surface area contributed by atoms with Gasteiger partial charge in [-0.05, 0) is 43.7 Å². The number of ketones is 1. The second-order valence-electron chi connectivity index (χ2n) is 5.70. The van der Waals surface area contributed by atoms with Gasteiger partial charge in [-0.1, -0.05) is 30.3 Å². The average molecular weight is 324 g/mol. The number of nitrogens with one attached hydrogen (secondary N) is 1. The molecule has 2 aromatic rings. The highest BCUT2D eigenvalue weighted by molar-refractivity contribution is 5.94. The van der Waals surface area contributed by atoms with Gasteiger partial charge in [-0.15, -0.1) is 0 Å². The molecule has 0 atom stereocenters. The molecule has 0 saturated carbocycles. The van der Waals surface area contributed by atoms with E-state index in [1.807, 2.05) is 54.3 Å². The van der Waals surface area contributed by atoms with Crippen LogP contribution in [-0.4, -0.2) is 29.7 Å². The van der Waals surface area contributed by atoms with E-state index in [1.54, 1.807) is 19.1 Å². The molecular weight excluding hydrogens is 300 g/mol. The molecule has 0 fully saturated rings. The average Bonchev–Trinajstić information content (AvgIpc) is 2.61. The second-order valence-corrected chi connectivity index (χ2v) is 5.70. The quantitative estimate of drug-likeness (QED) is 0.753. The summed E-state index contributed by atoms with van der Waals surface area (Å²) in [7, 11) is 0. The maximum Gasteiger partial charge on any atom is 0.224 e. The summed E-state index contributed by atoms with van der Waals surface area (Å²) in [6, 6.07) is 17.3. The van der Waals surface area contributed by atoms with E-state index in [2.05, 4.69) is 5.32 Å². The summed E-state index contributed by atoms with van der Waals surface area (Å²) in [5.41, 5.74) is 2.75. The minimum Gasteiger partial charge on any atom is -0.385 e.